The topological polar surface area (TPSA) is 104 Å². The molecule has 11 heteroatoms. The van der Waals surface area contributed by atoms with Gasteiger partial charge >= 0.3 is 6.01 Å². The molecule has 2 aromatic heterocycles. The van der Waals surface area contributed by atoms with Gasteiger partial charge in [-0.1, -0.05) is 13.0 Å². The predicted molar refractivity (Wildman–Crippen MR) is 164 cm³/mol. The number of pyridine rings is 1. The number of aryl methyl sites for hydroxylation is 1. The molecule has 1 atom stereocenters. The number of benzene rings is 2. The van der Waals surface area contributed by atoms with Gasteiger partial charge in [-0.05, 0) is 80.7 Å². The number of hydrogen-bond donors (Lipinski definition) is 2. The highest BCUT2D eigenvalue weighted by Crippen LogP contribution is 2.46. The van der Waals surface area contributed by atoms with Gasteiger partial charge in [-0.2, -0.15) is 9.97 Å². The number of anilines is 1. The van der Waals surface area contributed by atoms with Crippen LogP contribution in [0.25, 0.3) is 32.9 Å². The van der Waals surface area contributed by atoms with Gasteiger partial charge in [-0.3, -0.25) is 9.78 Å². The van der Waals surface area contributed by atoms with Gasteiger partial charge in [0.1, 0.15) is 28.6 Å². The van der Waals surface area contributed by atoms with E-state index in [0.717, 1.165) is 32.2 Å². The van der Waals surface area contributed by atoms with Gasteiger partial charge in [0.25, 0.3) is 0 Å². The molecule has 2 aromatic carbocycles. The molecule has 7 rings (SSSR count). The van der Waals surface area contributed by atoms with E-state index in [1.165, 1.54) is 18.2 Å². The highest BCUT2D eigenvalue weighted by Gasteiger charge is 2.46. The van der Waals surface area contributed by atoms with Crippen molar-refractivity contribution in [3.63, 3.8) is 0 Å². The molecule has 230 valence electrons. The number of β-lactam (4-membered cyclic amide) rings is 1. The van der Waals surface area contributed by atoms with Crippen LogP contribution < -0.4 is 15.0 Å². The molecule has 4 aromatic rings. The van der Waals surface area contributed by atoms with Crippen LogP contribution in [0.1, 0.15) is 44.6 Å². The standard InChI is InChI=1S/C33H36F2N6O3/c1-4-21-24(34)7-6-19-12-20(42)13-22(26(19)21)28-27(35)29-23(15-36-28)30(41-11-5-8-33(17-41)14-25(43)39-33)38-31(37-29)44-18-32(9-10-32)16-40(2)3/h6-7,12-13,15,42H,4-5,8-11,14,16-18H2,1-3H3,(H,39,43). The molecule has 1 spiro atoms. The molecular formula is C33H36F2N6O3. The summed E-state index contributed by atoms with van der Waals surface area (Å²) in [6.45, 7) is 4.32. The molecule has 44 heavy (non-hydrogen) atoms. The number of carbonyl (C=O) groups excluding carboxylic acids is 1. The van der Waals surface area contributed by atoms with Crippen LogP contribution in [0.5, 0.6) is 11.8 Å². The van der Waals surface area contributed by atoms with Crippen LogP contribution in [0.15, 0.2) is 30.5 Å². The first-order valence-corrected chi connectivity index (χ1v) is 15.2. The highest BCUT2D eigenvalue weighted by atomic mass is 19.1. The zero-order chi connectivity index (χ0) is 30.8. The Morgan fingerprint density at radius 3 is 2.66 bits per heavy atom. The number of hydrogen-bond acceptors (Lipinski definition) is 8. The maximum atomic E-state index is 16.8. The third kappa shape index (κ3) is 4.96. The fraction of sp³-hybridized carbons (Fsp3) is 0.455. The van der Waals surface area contributed by atoms with Gasteiger partial charge in [-0.15, -0.1) is 0 Å². The summed E-state index contributed by atoms with van der Waals surface area (Å²) in [6.07, 6.45) is 6.13. The van der Waals surface area contributed by atoms with Crippen molar-refractivity contribution in [2.75, 3.05) is 45.2 Å². The minimum atomic E-state index is -0.702. The zero-order valence-corrected chi connectivity index (χ0v) is 25.2. The largest absolute Gasteiger partial charge is 0.508 e. The molecule has 9 nitrogen and oxygen atoms in total. The Morgan fingerprint density at radius 1 is 1.16 bits per heavy atom. The van der Waals surface area contributed by atoms with Crippen LogP contribution in [0, 0.1) is 17.0 Å². The van der Waals surface area contributed by atoms with Crippen molar-refractivity contribution in [2.24, 2.45) is 5.41 Å². The van der Waals surface area contributed by atoms with E-state index in [9.17, 15) is 14.3 Å². The Labute approximate surface area is 254 Å². The number of nitrogens with one attached hydrogen (secondary N) is 1. The minimum Gasteiger partial charge on any atom is -0.508 e. The summed E-state index contributed by atoms with van der Waals surface area (Å²) in [5.41, 5.74) is 0.386. The van der Waals surface area contributed by atoms with E-state index in [0.29, 0.717) is 60.1 Å². The highest BCUT2D eigenvalue weighted by molar-refractivity contribution is 6.01. The summed E-state index contributed by atoms with van der Waals surface area (Å²) in [4.78, 5) is 30.0. The lowest BCUT2D eigenvalue weighted by molar-refractivity contribution is -0.133. The first-order chi connectivity index (χ1) is 21.1. The summed E-state index contributed by atoms with van der Waals surface area (Å²) in [7, 11) is 4.06. The van der Waals surface area contributed by atoms with Crippen LogP contribution >= 0.6 is 0 Å². The van der Waals surface area contributed by atoms with E-state index in [1.807, 2.05) is 21.0 Å². The Balaban J connectivity index is 1.37. The number of nitrogens with zero attached hydrogens (tertiary/aromatic N) is 5. The third-order valence-electron chi connectivity index (χ3n) is 9.30. The Kier molecular flexibility index (Phi) is 6.84. The average molecular weight is 603 g/mol. The quantitative estimate of drug-likeness (QED) is 0.273. The van der Waals surface area contributed by atoms with Crippen LogP contribution in [-0.4, -0.2) is 76.7 Å². The molecule has 2 saturated heterocycles. The predicted octanol–water partition coefficient (Wildman–Crippen LogP) is 4.97. The normalized spacial score (nSPS) is 20.8. The number of rotatable bonds is 8. The van der Waals surface area contributed by atoms with E-state index in [1.54, 1.807) is 12.3 Å². The summed E-state index contributed by atoms with van der Waals surface area (Å²) < 4.78 is 37.9. The fourth-order valence-electron chi connectivity index (χ4n) is 7.10. The average Bonchev–Trinajstić information content (AvgIpc) is 3.74. The van der Waals surface area contributed by atoms with Gasteiger partial charge in [0.05, 0.1) is 24.0 Å². The number of aromatic hydroxyl groups is 1. The number of ether oxygens (including phenoxy) is 1. The number of phenolic OH excluding ortho intramolecular Hbond substituents is 1. The summed E-state index contributed by atoms with van der Waals surface area (Å²) in [6, 6.07) is 5.97. The monoisotopic (exact) mass is 602 g/mol. The molecule has 3 fully saturated rings. The molecule has 1 saturated carbocycles. The molecule has 1 aliphatic carbocycles. The summed E-state index contributed by atoms with van der Waals surface area (Å²) >= 11 is 0. The zero-order valence-electron chi connectivity index (χ0n) is 25.2. The molecule has 4 heterocycles. The van der Waals surface area contributed by atoms with Crippen LogP contribution in [-0.2, 0) is 11.2 Å². The van der Waals surface area contributed by atoms with Gasteiger partial charge < -0.3 is 25.0 Å². The number of fused-ring (bicyclic) bond motifs is 2. The van der Waals surface area contributed by atoms with Gasteiger partial charge in [0.15, 0.2) is 5.82 Å². The molecule has 3 aliphatic rings. The van der Waals surface area contributed by atoms with Crippen molar-refractivity contribution < 1.29 is 23.4 Å². The molecule has 2 N–H and O–H groups in total. The first kappa shape index (κ1) is 28.6. The van der Waals surface area contributed by atoms with Crippen molar-refractivity contribution in [3.8, 4) is 23.0 Å². The maximum absolute atomic E-state index is 16.8. The van der Waals surface area contributed by atoms with Gasteiger partial charge in [-0.25, -0.2) is 8.78 Å². The van der Waals surface area contributed by atoms with Crippen molar-refractivity contribution in [2.45, 2.75) is 51.0 Å². The van der Waals surface area contributed by atoms with E-state index in [2.05, 4.69) is 25.1 Å². The van der Waals surface area contributed by atoms with E-state index < -0.39 is 11.6 Å². The van der Waals surface area contributed by atoms with Crippen molar-refractivity contribution >= 4 is 33.4 Å². The lowest BCUT2D eigenvalue weighted by Crippen LogP contribution is -2.68. The van der Waals surface area contributed by atoms with Crippen LogP contribution in [0.3, 0.4) is 0 Å². The van der Waals surface area contributed by atoms with Gasteiger partial charge in [0, 0.05) is 36.8 Å². The molecular weight excluding hydrogens is 566 g/mol. The molecule has 1 amide bonds. The van der Waals surface area contributed by atoms with Crippen molar-refractivity contribution in [1.82, 2.24) is 25.2 Å². The van der Waals surface area contributed by atoms with E-state index in [4.69, 9.17) is 9.72 Å². The van der Waals surface area contributed by atoms with Gasteiger partial charge in [0.2, 0.25) is 5.91 Å². The minimum absolute atomic E-state index is 0.0103. The third-order valence-corrected chi connectivity index (χ3v) is 9.30. The molecule has 2 aliphatic heterocycles. The number of carbonyl (C=O) groups is 1. The molecule has 1 unspecified atom stereocenters. The van der Waals surface area contributed by atoms with Crippen molar-refractivity contribution in [3.05, 3.63) is 47.7 Å². The molecule has 0 radical (unpaired) electrons. The second kappa shape index (κ2) is 10.5. The second-order valence-corrected chi connectivity index (χ2v) is 13.0. The Bertz CT molecular complexity index is 1800. The Hall–Kier alpha value is -4.12. The first-order valence-electron chi connectivity index (χ1n) is 15.2. The second-order valence-electron chi connectivity index (χ2n) is 13.0. The number of halogens is 2. The number of aromatic nitrogens is 3. The summed E-state index contributed by atoms with van der Waals surface area (Å²) in [5, 5.41) is 15.1. The molecule has 0 bridgehead atoms. The van der Waals surface area contributed by atoms with E-state index in [-0.39, 0.29) is 45.4 Å². The lowest BCUT2D eigenvalue weighted by atomic mass is 9.80. The van der Waals surface area contributed by atoms with Crippen molar-refractivity contribution in [1.29, 1.82) is 0 Å². The maximum Gasteiger partial charge on any atom is 0.319 e. The van der Waals surface area contributed by atoms with Crippen LogP contribution in [0.4, 0.5) is 14.6 Å². The van der Waals surface area contributed by atoms with Crippen LogP contribution in [0.2, 0.25) is 0 Å². The van der Waals surface area contributed by atoms with E-state index >= 15 is 4.39 Å². The lowest BCUT2D eigenvalue weighted by Gasteiger charge is -2.49. The number of piperidine rings is 1. The smallest absolute Gasteiger partial charge is 0.319 e. The fourth-order valence-corrected chi connectivity index (χ4v) is 7.10. The summed E-state index contributed by atoms with van der Waals surface area (Å²) in [5.74, 6) is -0.652. The Morgan fingerprint density at radius 2 is 1.95 bits per heavy atom. The number of phenols is 1. The number of amides is 1. The SMILES string of the molecule is CCc1c(F)ccc2cc(O)cc(-c3ncc4c(N5CCCC6(CC(=O)N6)C5)nc(OCC5(CN(C)C)CC5)nc4c3F)c12.